The van der Waals surface area contributed by atoms with Gasteiger partial charge in [0.15, 0.2) is 0 Å². The third-order valence-corrected chi connectivity index (χ3v) is 7.49. The van der Waals surface area contributed by atoms with Crippen molar-refractivity contribution >= 4 is 11.3 Å². The molecule has 4 nitrogen and oxygen atoms in total. The fourth-order valence-electron chi connectivity index (χ4n) is 4.48. The Morgan fingerprint density at radius 3 is 2.77 bits per heavy atom. The third kappa shape index (κ3) is 4.14. The molecule has 0 bridgehead atoms. The highest BCUT2D eigenvalue weighted by atomic mass is 32.1. The molecule has 2 aliphatic heterocycles. The fourth-order valence-corrected chi connectivity index (χ4v) is 5.74. The molecular weight excluding hydrogens is 427 g/mol. The first-order valence-electron chi connectivity index (χ1n) is 10.0. The third-order valence-electron chi connectivity index (χ3n) is 6.08. The number of likely N-dealkylation sites (tertiary alicyclic amines) is 1. The molecule has 1 unspecified atom stereocenters. The van der Waals surface area contributed by atoms with Gasteiger partial charge in [-0.15, -0.1) is 17.8 Å². The molecule has 1 saturated heterocycles. The van der Waals surface area contributed by atoms with Crippen molar-refractivity contribution in [3.63, 3.8) is 0 Å². The molecule has 0 saturated carbocycles. The predicted octanol–water partition coefficient (Wildman–Crippen LogP) is 4.85. The zero-order valence-corrected chi connectivity index (χ0v) is 18.2. The molecule has 166 valence electrons. The van der Waals surface area contributed by atoms with E-state index in [4.69, 9.17) is 20.6 Å². The van der Waals surface area contributed by atoms with Crippen LogP contribution in [0.4, 0.5) is 13.2 Å². The molecule has 1 spiro atoms. The fraction of sp³-hybridized carbons (Fsp3) is 0.478. The maximum atomic E-state index is 13.3. The minimum Gasteiger partial charge on any atom is -0.497 e. The smallest absolute Gasteiger partial charge is 0.425 e. The van der Waals surface area contributed by atoms with Gasteiger partial charge in [0.05, 0.1) is 26.9 Å². The number of fused-ring (bicyclic) bond motifs is 2. The first-order chi connectivity index (χ1) is 14.8. The molecule has 0 radical (unpaired) electrons. The van der Waals surface area contributed by atoms with Crippen molar-refractivity contribution < 1.29 is 27.4 Å². The van der Waals surface area contributed by atoms with Crippen LogP contribution in [0, 0.1) is 12.3 Å². The zero-order valence-electron chi connectivity index (χ0n) is 17.4. The molecule has 2 atom stereocenters. The average Bonchev–Trinajstić information content (AvgIpc) is 3.22. The summed E-state index contributed by atoms with van der Waals surface area (Å²) >= 11 is 0.805. The number of thiophene rings is 1. The molecule has 8 heteroatoms. The lowest BCUT2D eigenvalue weighted by Crippen LogP contribution is -2.50. The summed E-state index contributed by atoms with van der Waals surface area (Å²) in [5.41, 5.74) is 0.962. The number of hydrogen-bond acceptors (Lipinski definition) is 5. The van der Waals surface area contributed by atoms with Gasteiger partial charge >= 0.3 is 6.18 Å². The lowest BCUT2D eigenvalue weighted by atomic mass is 9.81. The lowest BCUT2D eigenvalue weighted by molar-refractivity contribution is -0.134. The number of halogens is 3. The largest absolute Gasteiger partial charge is 0.497 e. The molecule has 0 N–H and O–H groups in total. The van der Waals surface area contributed by atoms with Crippen LogP contribution in [0.1, 0.15) is 33.7 Å². The summed E-state index contributed by atoms with van der Waals surface area (Å²) in [5.74, 6) is 4.25. The first kappa shape index (κ1) is 22.0. The second-order valence-electron chi connectivity index (χ2n) is 7.84. The molecule has 4 rings (SSSR count). The van der Waals surface area contributed by atoms with E-state index < -0.39 is 16.7 Å². The minimum absolute atomic E-state index is 0.261. The van der Waals surface area contributed by atoms with Gasteiger partial charge in [-0.25, -0.2) is 0 Å². The standard InChI is InChI=1S/C23H24F3NO3S/c1-4-17-13-22(21-15(7-10-30-22)11-20(31-21)23(24,25)26)8-9-27(17)14-16-5-6-18(28-2)12-19(16)29-3/h1,5-6,11-12,17H,7-10,13-14H2,2-3H3/t17-,22?/m1/s1. The molecule has 2 aliphatic rings. The van der Waals surface area contributed by atoms with Gasteiger partial charge in [0.1, 0.15) is 22.0 Å². The van der Waals surface area contributed by atoms with Gasteiger partial charge in [0, 0.05) is 36.0 Å². The van der Waals surface area contributed by atoms with Gasteiger partial charge in [-0.1, -0.05) is 12.0 Å². The van der Waals surface area contributed by atoms with Crippen LogP contribution in [0.15, 0.2) is 24.3 Å². The highest BCUT2D eigenvalue weighted by Crippen LogP contribution is 2.49. The molecule has 0 amide bonds. The maximum absolute atomic E-state index is 13.3. The summed E-state index contributed by atoms with van der Waals surface area (Å²) in [4.78, 5) is 2.28. The number of methoxy groups -OCH3 is 2. The molecule has 3 heterocycles. The molecule has 1 fully saturated rings. The van der Waals surface area contributed by atoms with E-state index in [1.54, 1.807) is 14.2 Å². The number of hydrogen-bond donors (Lipinski definition) is 0. The number of piperidine rings is 1. The van der Waals surface area contributed by atoms with E-state index in [-0.39, 0.29) is 6.04 Å². The Morgan fingerprint density at radius 1 is 1.29 bits per heavy atom. The van der Waals surface area contributed by atoms with E-state index in [9.17, 15) is 13.2 Å². The number of ether oxygens (including phenoxy) is 3. The monoisotopic (exact) mass is 451 g/mol. The van der Waals surface area contributed by atoms with Crippen molar-refractivity contribution in [3.8, 4) is 23.8 Å². The van der Waals surface area contributed by atoms with Gasteiger partial charge < -0.3 is 14.2 Å². The number of alkyl halides is 3. The summed E-state index contributed by atoms with van der Waals surface area (Å²) in [5, 5.41) is 0. The van der Waals surface area contributed by atoms with Crippen LogP contribution in [-0.2, 0) is 29.5 Å². The maximum Gasteiger partial charge on any atom is 0.425 e. The van der Waals surface area contributed by atoms with E-state index >= 15 is 0 Å². The first-order valence-corrected chi connectivity index (χ1v) is 10.9. The van der Waals surface area contributed by atoms with Crippen molar-refractivity contribution in [2.45, 2.75) is 43.6 Å². The van der Waals surface area contributed by atoms with Crippen LogP contribution >= 0.6 is 11.3 Å². The number of benzene rings is 1. The normalized spacial score (nSPS) is 23.9. The van der Waals surface area contributed by atoms with Crippen molar-refractivity contribution in [2.24, 2.45) is 0 Å². The van der Waals surface area contributed by atoms with Gasteiger partial charge in [-0.3, -0.25) is 4.90 Å². The van der Waals surface area contributed by atoms with Crippen molar-refractivity contribution in [3.05, 3.63) is 45.1 Å². The molecule has 0 aliphatic carbocycles. The summed E-state index contributed by atoms with van der Waals surface area (Å²) in [6, 6.07) is 6.66. The Balaban J connectivity index is 1.58. The quantitative estimate of drug-likeness (QED) is 0.622. The Kier molecular flexibility index (Phi) is 5.95. The zero-order chi connectivity index (χ0) is 22.2. The van der Waals surface area contributed by atoms with Crippen LogP contribution < -0.4 is 9.47 Å². The molecular formula is C23H24F3NO3S. The highest BCUT2D eigenvalue weighted by molar-refractivity contribution is 7.12. The van der Waals surface area contributed by atoms with Crippen LogP contribution in [0.5, 0.6) is 11.5 Å². The highest BCUT2D eigenvalue weighted by Gasteiger charge is 2.47. The van der Waals surface area contributed by atoms with Crippen molar-refractivity contribution in [1.29, 1.82) is 0 Å². The van der Waals surface area contributed by atoms with E-state index in [0.29, 0.717) is 55.3 Å². The number of rotatable bonds is 4. The summed E-state index contributed by atoms with van der Waals surface area (Å²) in [7, 11) is 3.20. The van der Waals surface area contributed by atoms with Gasteiger partial charge in [-0.2, -0.15) is 13.2 Å². The average molecular weight is 452 g/mol. The predicted molar refractivity (Wildman–Crippen MR) is 112 cm³/mol. The lowest BCUT2D eigenvalue weighted by Gasteiger charge is -2.46. The minimum atomic E-state index is -4.35. The Labute approximate surface area is 183 Å². The second-order valence-corrected chi connectivity index (χ2v) is 8.89. The summed E-state index contributed by atoms with van der Waals surface area (Å²) in [6.45, 7) is 1.59. The van der Waals surface area contributed by atoms with E-state index in [1.165, 1.54) is 6.07 Å². The Morgan fingerprint density at radius 2 is 2.10 bits per heavy atom. The van der Waals surface area contributed by atoms with E-state index in [1.807, 2.05) is 18.2 Å². The van der Waals surface area contributed by atoms with Crippen LogP contribution in [0.25, 0.3) is 0 Å². The van der Waals surface area contributed by atoms with Crippen LogP contribution in [-0.4, -0.2) is 38.3 Å². The summed E-state index contributed by atoms with van der Waals surface area (Å²) in [6.07, 6.45) is 3.08. The van der Waals surface area contributed by atoms with Crippen molar-refractivity contribution in [2.75, 3.05) is 27.4 Å². The van der Waals surface area contributed by atoms with E-state index in [2.05, 4.69) is 10.8 Å². The van der Waals surface area contributed by atoms with Gasteiger partial charge in [-0.05, 0) is 30.5 Å². The topological polar surface area (TPSA) is 30.9 Å². The molecule has 2 aromatic rings. The van der Waals surface area contributed by atoms with Gasteiger partial charge in [0.25, 0.3) is 0 Å². The molecule has 31 heavy (non-hydrogen) atoms. The number of nitrogens with zero attached hydrogens (tertiary/aromatic N) is 1. The Bertz CT molecular complexity index is 997. The molecule has 1 aromatic carbocycles. The van der Waals surface area contributed by atoms with Crippen LogP contribution in [0.3, 0.4) is 0 Å². The van der Waals surface area contributed by atoms with E-state index in [0.717, 1.165) is 22.5 Å². The van der Waals surface area contributed by atoms with Crippen LogP contribution in [0.2, 0.25) is 0 Å². The summed E-state index contributed by atoms with van der Waals surface area (Å²) < 4.78 is 56.8. The second kappa shape index (κ2) is 8.38. The number of terminal acetylenes is 1. The van der Waals surface area contributed by atoms with Gasteiger partial charge in [0.2, 0.25) is 0 Å². The SMILES string of the molecule is C#C[C@@H]1CC2(CCN1Cc1ccc(OC)cc1OC)OCCc1cc(C(F)(F)F)sc12. The van der Waals surface area contributed by atoms with Crippen molar-refractivity contribution in [1.82, 2.24) is 4.90 Å². The molecule has 1 aromatic heterocycles. The Hall–Kier alpha value is -2.21.